The fraction of sp³-hybridized carbons (Fsp3) is 0.375. The van der Waals surface area contributed by atoms with Crippen LogP contribution in [0.1, 0.15) is 25.3 Å². The molecule has 0 radical (unpaired) electrons. The Kier molecular flexibility index (Phi) is 4.73. The van der Waals surface area contributed by atoms with Crippen molar-refractivity contribution in [1.29, 1.82) is 0 Å². The van der Waals surface area contributed by atoms with Crippen molar-refractivity contribution in [3.8, 4) is 0 Å². The highest BCUT2D eigenvalue weighted by Gasteiger charge is 2.01. The molecule has 0 amide bonds. The van der Waals surface area contributed by atoms with E-state index >= 15 is 0 Å². The van der Waals surface area contributed by atoms with Gasteiger partial charge in [0.2, 0.25) is 0 Å². The largest absolute Gasteiger partial charge is 0.396 e. The van der Waals surface area contributed by atoms with Crippen LogP contribution >= 0.6 is 0 Å². The van der Waals surface area contributed by atoms with E-state index in [1.54, 1.807) is 0 Å². The summed E-state index contributed by atoms with van der Waals surface area (Å²) in [5.41, 5.74) is 1.31. The Labute approximate surface area is 109 Å². The van der Waals surface area contributed by atoms with E-state index in [1.165, 1.54) is 16.3 Å². The van der Waals surface area contributed by atoms with Crippen molar-refractivity contribution in [2.75, 3.05) is 6.61 Å². The molecular formula is C16H21NO. The molecule has 18 heavy (non-hydrogen) atoms. The maximum atomic E-state index is 8.79. The second-order valence-electron chi connectivity index (χ2n) is 4.83. The Hall–Kier alpha value is -1.38. The third-order valence-corrected chi connectivity index (χ3v) is 3.26. The minimum Gasteiger partial charge on any atom is -0.396 e. The van der Waals surface area contributed by atoms with E-state index in [0.717, 1.165) is 19.4 Å². The van der Waals surface area contributed by atoms with Crippen molar-refractivity contribution in [1.82, 2.24) is 5.32 Å². The normalized spacial score (nSPS) is 12.8. The number of hydrogen-bond acceptors (Lipinski definition) is 2. The minimum atomic E-state index is 0.280. The van der Waals surface area contributed by atoms with Crippen molar-refractivity contribution < 1.29 is 5.11 Å². The number of aliphatic hydroxyl groups is 1. The van der Waals surface area contributed by atoms with Crippen molar-refractivity contribution in [3.05, 3.63) is 48.0 Å². The van der Waals surface area contributed by atoms with Gasteiger partial charge in [0, 0.05) is 19.2 Å². The first kappa shape index (κ1) is 13.1. The van der Waals surface area contributed by atoms with E-state index < -0.39 is 0 Å². The van der Waals surface area contributed by atoms with Gasteiger partial charge in [0.1, 0.15) is 0 Å². The number of nitrogens with one attached hydrogen (secondary N) is 1. The third-order valence-electron chi connectivity index (χ3n) is 3.26. The van der Waals surface area contributed by atoms with Gasteiger partial charge in [0.05, 0.1) is 0 Å². The lowest BCUT2D eigenvalue weighted by Crippen LogP contribution is -2.25. The highest BCUT2D eigenvalue weighted by Crippen LogP contribution is 2.15. The number of aliphatic hydroxyl groups excluding tert-OH is 1. The zero-order valence-corrected chi connectivity index (χ0v) is 10.9. The van der Waals surface area contributed by atoms with E-state index in [-0.39, 0.29) is 6.61 Å². The van der Waals surface area contributed by atoms with Crippen molar-refractivity contribution >= 4 is 10.8 Å². The topological polar surface area (TPSA) is 32.3 Å². The van der Waals surface area contributed by atoms with Gasteiger partial charge in [-0.05, 0) is 42.2 Å². The van der Waals surface area contributed by atoms with Crippen LogP contribution in [0, 0.1) is 0 Å². The molecule has 96 valence electrons. The summed E-state index contributed by atoms with van der Waals surface area (Å²) in [6, 6.07) is 15.5. The predicted molar refractivity (Wildman–Crippen MR) is 76.6 cm³/mol. The van der Waals surface area contributed by atoms with E-state index in [9.17, 15) is 0 Å². The van der Waals surface area contributed by atoms with Gasteiger partial charge in [-0.3, -0.25) is 0 Å². The second kappa shape index (κ2) is 6.53. The molecule has 0 heterocycles. The lowest BCUT2D eigenvalue weighted by Gasteiger charge is -2.13. The molecule has 0 spiro atoms. The first-order valence-corrected chi connectivity index (χ1v) is 6.61. The maximum Gasteiger partial charge on any atom is 0.0431 e. The molecule has 0 aliphatic rings. The zero-order chi connectivity index (χ0) is 12.8. The molecule has 0 fully saturated rings. The number of rotatable bonds is 6. The fourth-order valence-electron chi connectivity index (χ4n) is 2.14. The van der Waals surface area contributed by atoms with Crippen LogP contribution in [0.25, 0.3) is 10.8 Å². The summed E-state index contributed by atoms with van der Waals surface area (Å²) in [6.45, 7) is 3.33. The molecule has 2 aromatic carbocycles. The quantitative estimate of drug-likeness (QED) is 0.817. The first-order valence-electron chi connectivity index (χ1n) is 6.61. The molecule has 2 aromatic rings. The van der Waals surface area contributed by atoms with Crippen LogP contribution in [0.15, 0.2) is 42.5 Å². The van der Waals surface area contributed by atoms with Crippen LogP contribution < -0.4 is 5.32 Å². The molecular weight excluding hydrogens is 222 g/mol. The van der Waals surface area contributed by atoms with Crippen LogP contribution in [0.5, 0.6) is 0 Å². The lowest BCUT2D eigenvalue weighted by atomic mass is 10.1. The van der Waals surface area contributed by atoms with Crippen molar-refractivity contribution in [3.63, 3.8) is 0 Å². The summed E-state index contributed by atoms with van der Waals surface area (Å²) in [7, 11) is 0. The van der Waals surface area contributed by atoms with Crippen LogP contribution in [0.4, 0.5) is 0 Å². The molecule has 2 nitrogen and oxygen atoms in total. The standard InChI is InChI=1S/C16H21NO/c1-13(5-4-10-18)17-12-14-8-9-15-6-2-3-7-16(15)11-14/h2-3,6-9,11,13,17-18H,4-5,10,12H2,1H3. The van der Waals surface area contributed by atoms with Crippen LogP contribution in [-0.2, 0) is 6.54 Å². The van der Waals surface area contributed by atoms with Gasteiger partial charge in [-0.1, -0.05) is 36.4 Å². The molecule has 0 aliphatic heterocycles. The SMILES string of the molecule is CC(CCCO)NCc1ccc2ccccc2c1. The van der Waals surface area contributed by atoms with Crippen LogP contribution in [0.3, 0.4) is 0 Å². The summed E-state index contributed by atoms with van der Waals surface area (Å²) >= 11 is 0. The molecule has 2 rings (SSSR count). The summed E-state index contributed by atoms with van der Waals surface area (Å²) < 4.78 is 0. The van der Waals surface area contributed by atoms with Crippen molar-refractivity contribution in [2.24, 2.45) is 0 Å². The third kappa shape index (κ3) is 3.56. The minimum absolute atomic E-state index is 0.280. The molecule has 0 aliphatic carbocycles. The molecule has 0 saturated carbocycles. The van der Waals surface area contributed by atoms with E-state index in [1.807, 2.05) is 0 Å². The highest BCUT2D eigenvalue weighted by molar-refractivity contribution is 5.82. The molecule has 0 bridgehead atoms. The molecule has 1 atom stereocenters. The Morgan fingerprint density at radius 2 is 1.89 bits per heavy atom. The summed E-state index contributed by atoms with van der Waals surface area (Å²) in [5.74, 6) is 0. The monoisotopic (exact) mass is 243 g/mol. The zero-order valence-electron chi connectivity index (χ0n) is 10.9. The fourth-order valence-corrected chi connectivity index (χ4v) is 2.14. The van der Waals surface area contributed by atoms with E-state index in [2.05, 4.69) is 54.7 Å². The molecule has 2 N–H and O–H groups in total. The molecule has 0 aromatic heterocycles. The number of benzene rings is 2. The van der Waals surface area contributed by atoms with Gasteiger partial charge in [-0.2, -0.15) is 0 Å². The van der Waals surface area contributed by atoms with Gasteiger partial charge < -0.3 is 10.4 Å². The summed E-state index contributed by atoms with van der Waals surface area (Å²) in [4.78, 5) is 0. The van der Waals surface area contributed by atoms with Crippen LogP contribution in [0.2, 0.25) is 0 Å². The van der Waals surface area contributed by atoms with E-state index in [0.29, 0.717) is 6.04 Å². The highest BCUT2D eigenvalue weighted by atomic mass is 16.2. The molecule has 2 heteroatoms. The second-order valence-corrected chi connectivity index (χ2v) is 4.83. The smallest absolute Gasteiger partial charge is 0.0431 e. The molecule has 1 unspecified atom stereocenters. The van der Waals surface area contributed by atoms with Gasteiger partial charge in [0.15, 0.2) is 0 Å². The number of fused-ring (bicyclic) bond motifs is 1. The summed E-state index contributed by atoms with van der Waals surface area (Å²) in [5, 5.41) is 14.9. The maximum absolute atomic E-state index is 8.79. The average Bonchev–Trinajstić information content (AvgIpc) is 2.42. The number of hydrogen-bond donors (Lipinski definition) is 2. The average molecular weight is 243 g/mol. The Balaban J connectivity index is 1.95. The lowest BCUT2D eigenvalue weighted by molar-refractivity contribution is 0.276. The van der Waals surface area contributed by atoms with Gasteiger partial charge in [0.25, 0.3) is 0 Å². The Bertz CT molecular complexity index is 495. The predicted octanol–water partition coefficient (Wildman–Crippen LogP) is 3.09. The molecule has 0 saturated heterocycles. The summed E-state index contributed by atoms with van der Waals surface area (Å²) in [6.07, 6.45) is 1.88. The van der Waals surface area contributed by atoms with E-state index in [4.69, 9.17) is 5.11 Å². The van der Waals surface area contributed by atoms with Crippen LogP contribution in [-0.4, -0.2) is 17.8 Å². The Morgan fingerprint density at radius 3 is 2.67 bits per heavy atom. The Morgan fingerprint density at radius 1 is 1.11 bits per heavy atom. The van der Waals surface area contributed by atoms with Gasteiger partial charge in [-0.15, -0.1) is 0 Å². The first-order chi connectivity index (χ1) is 8.79. The van der Waals surface area contributed by atoms with Crippen molar-refractivity contribution in [2.45, 2.75) is 32.4 Å². The van der Waals surface area contributed by atoms with Gasteiger partial charge >= 0.3 is 0 Å². The van der Waals surface area contributed by atoms with Gasteiger partial charge in [-0.25, -0.2) is 0 Å².